The van der Waals surface area contributed by atoms with E-state index in [0.29, 0.717) is 0 Å². The van der Waals surface area contributed by atoms with Gasteiger partial charge in [0, 0.05) is 18.0 Å². The quantitative estimate of drug-likeness (QED) is 0.502. The molecule has 15 heavy (non-hydrogen) atoms. The van der Waals surface area contributed by atoms with Crippen LogP contribution in [0.2, 0.25) is 0 Å². The number of hydrogen-bond acceptors (Lipinski definition) is 2. The maximum absolute atomic E-state index is 4.45. The van der Waals surface area contributed by atoms with Crippen molar-refractivity contribution in [1.82, 2.24) is 10.6 Å². The highest BCUT2D eigenvalue weighted by molar-refractivity contribution is 14.0. The second kappa shape index (κ2) is 8.96. The van der Waals surface area contributed by atoms with Crippen molar-refractivity contribution in [3.8, 4) is 0 Å². The van der Waals surface area contributed by atoms with Crippen LogP contribution in [0.4, 0.5) is 0 Å². The van der Waals surface area contributed by atoms with Crippen molar-refractivity contribution in [2.45, 2.75) is 20.4 Å². The molecule has 1 rings (SSSR count). The molecule has 0 unspecified atom stereocenters. The van der Waals surface area contributed by atoms with Crippen LogP contribution in [0.3, 0.4) is 0 Å². The SMILES string of the molecule is CCNC(=NCc1cccs1)NCC.I. The molecule has 0 spiro atoms. The molecule has 0 aliphatic rings. The number of rotatable bonds is 4. The van der Waals surface area contributed by atoms with Gasteiger partial charge in [-0.15, -0.1) is 35.3 Å². The highest BCUT2D eigenvalue weighted by Gasteiger charge is 1.95. The minimum Gasteiger partial charge on any atom is -0.357 e. The van der Waals surface area contributed by atoms with E-state index in [2.05, 4.69) is 47.0 Å². The van der Waals surface area contributed by atoms with Crippen molar-refractivity contribution >= 4 is 41.3 Å². The van der Waals surface area contributed by atoms with Gasteiger partial charge in [0.05, 0.1) is 6.54 Å². The molecule has 0 radical (unpaired) electrons. The molecule has 86 valence electrons. The number of nitrogens with zero attached hydrogens (tertiary/aromatic N) is 1. The molecule has 0 aromatic carbocycles. The monoisotopic (exact) mass is 339 g/mol. The predicted molar refractivity (Wildman–Crippen MR) is 78.2 cm³/mol. The Labute approximate surface area is 112 Å². The van der Waals surface area contributed by atoms with Crippen LogP contribution >= 0.6 is 35.3 Å². The first-order valence-electron chi connectivity index (χ1n) is 4.91. The van der Waals surface area contributed by atoms with Crippen molar-refractivity contribution in [1.29, 1.82) is 0 Å². The van der Waals surface area contributed by atoms with E-state index in [1.807, 2.05) is 0 Å². The van der Waals surface area contributed by atoms with E-state index in [1.54, 1.807) is 11.3 Å². The fourth-order valence-electron chi connectivity index (χ4n) is 1.07. The highest BCUT2D eigenvalue weighted by atomic mass is 127. The normalized spacial score (nSPS) is 8.93. The van der Waals surface area contributed by atoms with Crippen LogP contribution in [-0.2, 0) is 6.54 Å². The van der Waals surface area contributed by atoms with Gasteiger partial charge in [-0.1, -0.05) is 6.07 Å². The Bertz CT molecular complexity index is 264. The fourth-order valence-corrected chi connectivity index (χ4v) is 1.70. The van der Waals surface area contributed by atoms with Gasteiger partial charge < -0.3 is 10.6 Å². The molecule has 0 bridgehead atoms. The fraction of sp³-hybridized carbons (Fsp3) is 0.500. The number of thiophene rings is 1. The maximum atomic E-state index is 4.45. The van der Waals surface area contributed by atoms with Crippen LogP contribution < -0.4 is 10.6 Å². The van der Waals surface area contributed by atoms with Gasteiger partial charge in [0.25, 0.3) is 0 Å². The number of guanidine groups is 1. The standard InChI is InChI=1S/C10H17N3S.HI/c1-3-11-10(12-4-2)13-8-9-6-5-7-14-9;/h5-7H,3-4,8H2,1-2H3,(H2,11,12,13);1H. The molecule has 0 fully saturated rings. The molecule has 0 atom stereocenters. The minimum absolute atomic E-state index is 0. The number of nitrogens with one attached hydrogen (secondary N) is 2. The van der Waals surface area contributed by atoms with E-state index < -0.39 is 0 Å². The molecule has 1 aromatic heterocycles. The third kappa shape index (κ3) is 5.99. The van der Waals surface area contributed by atoms with Gasteiger partial charge in [0.1, 0.15) is 0 Å². The van der Waals surface area contributed by atoms with Crippen molar-refractivity contribution in [3.63, 3.8) is 0 Å². The lowest BCUT2D eigenvalue weighted by Gasteiger charge is -2.08. The Balaban J connectivity index is 0.00000196. The van der Waals surface area contributed by atoms with E-state index >= 15 is 0 Å². The first kappa shape index (κ1) is 14.7. The lowest BCUT2D eigenvalue weighted by molar-refractivity contribution is 0.841. The Hall–Kier alpha value is -0.300. The van der Waals surface area contributed by atoms with Crippen LogP contribution in [0, 0.1) is 0 Å². The Morgan fingerprint density at radius 3 is 2.47 bits per heavy atom. The largest absolute Gasteiger partial charge is 0.357 e. The van der Waals surface area contributed by atoms with Crippen LogP contribution in [0.15, 0.2) is 22.5 Å². The Morgan fingerprint density at radius 1 is 1.33 bits per heavy atom. The first-order valence-corrected chi connectivity index (χ1v) is 5.79. The van der Waals surface area contributed by atoms with E-state index in [-0.39, 0.29) is 24.0 Å². The summed E-state index contributed by atoms with van der Waals surface area (Å²) in [5, 5.41) is 8.45. The van der Waals surface area contributed by atoms with Gasteiger partial charge in [-0.25, -0.2) is 4.99 Å². The minimum atomic E-state index is 0. The summed E-state index contributed by atoms with van der Waals surface area (Å²) in [5.74, 6) is 0.892. The summed E-state index contributed by atoms with van der Waals surface area (Å²) in [6.07, 6.45) is 0. The van der Waals surface area contributed by atoms with E-state index in [0.717, 1.165) is 25.6 Å². The molecule has 0 aliphatic carbocycles. The van der Waals surface area contributed by atoms with E-state index in [4.69, 9.17) is 0 Å². The molecular formula is C10H18IN3S. The van der Waals surface area contributed by atoms with Gasteiger partial charge in [0.15, 0.2) is 5.96 Å². The summed E-state index contributed by atoms with van der Waals surface area (Å²) >= 11 is 1.74. The zero-order chi connectivity index (χ0) is 10.2. The molecule has 5 heteroatoms. The summed E-state index contributed by atoms with van der Waals surface area (Å²) in [7, 11) is 0. The topological polar surface area (TPSA) is 36.4 Å². The van der Waals surface area contributed by atoms with Crippen molar-refractivity contribution < 1.29 is 0 Å². The van der Waals surface area contributed by atoms with Gasteiger partial charge in [0.2, 0.25) is 0 Å². The van der Waals surface area contributed by atoms with E-state index in [9.17, 15) is 0 Å². The summed E-state index contributed by atoms with van der Waals surface area (Å²) < 4.78 is 0. The first-order chi connectivity index (χ1) is 6.86. The number of aliphatic imine (C=N–C) groups is 1. The third-order valence-corrected chi connectivity index (χ3v) is 2.52. The molecule has 0 saturated heterocycles. The summed E-state index contributed by atoms with van der Waals surface area (Å²) in [4.78, 5) is 5.74. The van der Waals surface area contributed by atoms with Crippen molar-refractivity contribution in [2.75, 3.05) is 13.1 Å². The zero-order valence-electron chi connectivity index (χ0n) is 9.12. The molecule has 0 aliphatic heterocycles. The van der Waals surface area contributed by atoms with Crippen molar-refractivity contribution in [2.24, 2.45) is 4.99 Å². The predicted octanol–water partition coefficient (Wildman–Crippen LogP) is 2.44. The zero-order valence-corrected chi connectivity index (χ0v) is 12.3. The smallest absolute Gasteiger partial charge is 0.191 e. The van der Waals surface area contributed by atoms with Gasteiger partial charge in [-0.3, -0.25) is 0 Å². The Kier molecular flexibility index (Phi) is 8.79. The van der Waals surface area contributed by atoms with Crippen LogP contribution in [0.5, 0.6) is 0 Å². The molecular weight excluding hydrogens is 321 g/mol. The summed E-state index contributed by atoms with van der Waals surface area (Å²) in [5.41, 5.74) is 0. The number of halogens is 1. The second-order valence-electron chi connectivity index (χ2n) is 2.80. The highest BCUT2D eigenvalue weighted by Crippen LogP contribution is 2.08. The van der Waals surface area contributed by atoms with Gasteiger partial charge >= 0.3 is 0 Å². The number of hydrogen-bond donors (Lipinski definition) is 2. The average molecular weight is 339 g/mol. The Morgan fingerprint density at radius 2 is 2.00 bits per heavy atom. The molecule has 3 nitrogen and oxygen atoms in total. The van der Waals surface area contributed by atoms with Gasteiger partial charge in [-0.2, -0.15) is 0 Å². The summed E-state index contributed by atoms with van der Waals surface area (Å²) in [6.45, 7) is 6.69. The average Bonchev–Trinajstić information content (AvgIpc) is 2.67. The van der Waals surface area contributed by atoms with Gasteiger partial charge in [-0.05, 0) is 25.3 Å². The molecule has 1 aromatic rings. The van der Waals surface area contributed by atoms with Crippen molar-refractivity contribution in [3.05, 3.63) is 22.4 Å². The second-order valence-corrected chi connectivity index (χ2v) is 3.84. The molecule has 0 saturated carbocycles. The maximum Gasteiger partial charge on any atom is 0.191 e. The van der Waals surface area contributed by atoms with Crippen LogP contribution in [0.25, 0.3) is 0 Å². The third-order valence-electron chi connectivity index (χ3n) is 1.66. The summed E-state index contributed by atoms with van der Waals surface area (Å²) in [6, 6.07) is 4.15. The molecule has 0 amide bonds. The molecule has 1 heterocycles. The van der Waals surface area contributed by atoms with Crippen LogP contribution in [0.1, 0.15) is 18.7 Å². The lowest BCUT2D eigenvalue weighted by atomic mass is 10.5. The molecule has 2 N–H and O–H groups in total. The van der Waals surface area contributed by atoms with E-state index in [1.165, 1.54) is 4.88 Å². The lowest BCUT2D eigenvalue weighted by Crippen LogP contribution is -2.36. The van der Waals surface area contributed by atoms with Crippen LogP contribution in [-0.4, -0.2) is 19.0 Å².